The molecule has 3 aromatic rings. The number of rotatable bonds is 11. The summed E-state index contributed by atoms with van der Waals surface area (Å²) in [7, 11) is -4.21. The number of anilines is 1. The van der Waals surface area contributed by atoms with Crippen molar-refractivity contribution in [3.63, 3.8) is 0 Å². The van der Waals surface area contributed by atoms with Crippen LogP contribution in [0, 0.1) is 18.7 Å². The van der Waals surface area contributed by atoms with Gasteiger partial charge in [0.2, 0.25) is 11.8 Å². The van der Waals surface area contributed by atoms with Gasteiger partial charge >= 0.3 is 0 Å². The molecule has 0 fully saturated rings. The highest BCUT2D eigenvalue weighted by Gasteiger charge is 2.33. The SMILES string of the molecule is Cc1ccc(N(CC(=O)N(Cc2ccccc2F)[C@H](C)C(=O)NCC(C)C)S(=O)(=O)c2ccccc2)cc1Cl. The summed E-state index contributed by atoms with van der Waals surface area (Å²) in [6.07, 6.45) is 0. The molecule has 0 heterocycles. The van der Waals surface area contributed by atoms with E-state index in [1.807, 2.05) is 13.8 Å². The van der Waals surface area contributed by atoms with E-state index >= 15 is 0 Å². The smallest absolute Gasteiger partial charge is 0.264 e. The molecule has 0 aliphatic rings. The summed E-state index contributed by atoms with van der Waals surface area (Å²) in [5.41, 5.74) is 1.12. The fourth-order valence-electron chi connectivity index (χ4n) is 3.83. The van der Waals surface area contributed by atoms with Gasteiger partial charge in [-0.3, -0.25) is 13.9 Å². The minimum atomic E-state index is -4.21. The molecule has 0 aliphatic heterocycles. The maximum atomic E-state index is 14.6. The van der Waals surface area contributed by atoms with Crippen molar-refractivity contribution in [2.45, 2.75) is 45.2 Å². The fourth-order valence-corrected chi connectivity index (χ4v) is 5.43. The molecular weight excluding hydrogens is 541 g/mol. The lowest BCUT2D eigenvalue weighted by atomic mass is 10.1. The molecule has 0 radical (unpaired) electrons. The Balaban J connectivity index is 2.03. The largest absolute Gasteiger partial charge is 0.354 e. The molecule has 0 saturated carbocycles. The van der Waals surface area contributed by atoms with Crippen LogP contribution in [0.5, 0.6) is 0 Å². The first-order chi connectivity index (χ1) is 18.4. The van der Waals surface area contributed by atoms with Crippen LogP contribution in [0.3, 0.4) is 0 Å². The number of sulfonamides is 1. The number of carbonyl (C=O) groups excluding carboxylic acids is 2. The standard InChI is InChI=1S/C29H33ClFN3O4S/c1-20(2)17-32-29(36)22(4)33(18-23-10-8-9-13-27(23)31)28(35)19-34(24-15-14-21(3)26(30)16-24)39(37,38)25-11-6-5-7-12-25/h5-16,20,22H,17-19H2,1-4H3,(H,32,36)/t22-/m1/s1. The number of aryl methyl sites for hydroxylation is 1. The average Bonchev–Trinajstić information content (AvgIpc) is 2.91. The third-order valence-electron chi connectivity index (χ3n) is 6.20. The number of nitrogens with zero attached hydrogens (tertiary/aromatic N) is 2. The lowest BCUT2D eigenvalue weighted by Gasteiger charge is -2.32. The van der Waals surface area contributed by atoms with Gasteiger partial charge in [0.15, 0.2) is 0 Å². The summed E-state index contributed by atoms with van der Waals surface area (Å²) >= 11 is 6.32. The van der Waals surface area contributed by atoms with Crippen LogP contribution in [-0.2, 0) is 26.2 Å². The summed E-state index contributed by atoms with van der Waals surface area (Å²) in [4.78, 5) is 28.0. The van der Waals surface area contributed by atoms with Crippen molar-refractivity contribution in [3.05, 3.63) is 94.8 Å². The molecule has 3 rings (SSSR count). The van der Waals surface area contributed by atoms with Gasteiger partial charge in [-0.2, -0.15) is 0 Å². The quantitative estimate of drug-likeness (QED) is 0.343. The van der Waals surface area contributed by atoms with Crippen molar-refractivity contribution >= 4 is 39.1 Å². The summed E-state index contributed by atoms with van der Waals surface area (Å²) in [6, 6.07) is 17.4. The molecule has 0 aliphatic carbocycles. The number of halogens is 2. The molecule has 0 spiro atoms. The molecule has 208 valence electrons. The van der Waals surface area contributed by atoms with Gasteiger partial charge < -0.3 is 10.2 Å². The first-order valence-corrected chi connectivity index (χ1v) is 14.4. The molecule has 1 atom stereocenters. The molecule has 2 amide bonds. The third-order valence-corrected chi connectivity index (χ3v) is 8.40. The zero-order valence-electron chi connectivity index (χ0n) is 22.4. The van der Waals surface area contributed by atoms with Gasteiger partial charge in [-0.15, -0.1) is 0 Å². The van der Waals surface area contributed by atoms with E-state index in [1.165, 1.54) is 48.2 Å². The van der Waals surface area contributed by atoms with Crippen molar-refractivity contribution in [2.75, 3.05) is 17.4 Å². The minimum absolute atomic E-state index is 0.0159. The van der Waals surface area contributed by atoms with Gasteiger partial charge in [0.1, 0.15) is 18.4 Å². The summed E-state index contributed by atoms with van der Waals surface area (Å²) in [6.45, 7) is 6.72. The summed E-state index contributed by atoms with van der Waals surface area (Å²) < 4.78 is 43.1. The molecule has 1 N–H and O–H groups in total. The lowest BCUT2D eigenvalue weighted by molar-refractivity contribution is -0.139. The van der Waals surface area contributed by atoms with E-state index in [9.17, 15) is 22.4 Å². The molecule has 0 bridgehead atoms. The average molecular weight is 574 g/mol. The second kappa shape index (κ2) is 13.1. The fraction of sp³-hybridized carbons (Fsp3) is 0.310. The molecule has 0 saturated heterocycles. The van der Waals surface area contributed by atoms with E-state index < -0.39 is 40.2 Å². The van der Waals surface area contributed by atoms with Crippen LogP contribution in [0.1, 0.15) is 31.9 Å². The second-order valence-electron chi connectivity index (χ2n) is 9.69. The summed E-state index contributed by atoms with van der Waals surface area (Å²) in [5, 5.41) is 3.13. The van der Waals surface area contributed by atoms with Crippen molar-refractivity contribution in [3.8, 4) is 0 Å². The third kappa shape index (κ3) is 7.58. The first kappa shape index (κ1) is 30.1. The van der Waals surface area contributed by atoms with Crippen molar-refractivity contribution in [1.82, 2.24) is 10.2 Å². The Hall–Kier alpha value is -3.43. The van der Waals surface area contributed by atoms with Crippen LogP contribution in [0.4, 0.5) is 10.1 Å². The molecular formula is C29H33ClFN3O4S. The maximum Gasteiger partial charge on any atom is 0.264 e. The van der Waals surface area contributed by atoms with Crippen molar-refractivity contribution < 1.29 is 22.4 Å². The number of carbonyl (C=O) groups is 2. The Morgan fingerprint density at radius 3 is 2.23 bits per heavy atom. The molecule has 39 heavy (non-hydrogen) atoms. The zero-order chi connectivity index (χ0) is 28.7. The Morgan fingerprint density at radius 1 is 0.974 bits per heavy atom. The van der Waals surface area contributed by atoms with Crippen molar-refractivity contribution in [2.24, 2.45) is 5.92 Å². The number of hydrogen-bond donors (Lipinski definition) is 1. The van der Waals surface area contributed by atoms with Crippen LogP contribution >= 0.6 is 11.6 Å². The monoisotopic (exact) mass is 573 g/mol. The Morgan fingerprint density at radius 2 is 1.62 bits per heavy atom. The molecule has 7 nitrogen and oxygen atoms in total. The lowest BCUT2D eigenvalue weighted by Crippen LogP contribution is -2.51. The van der Waals surface area contributed by atoms with E-state index in [-0.39, 0.29) is 28.6 Å². The number of nitrogens with one attached hydrogen (secondary N) is 1. The topological polar surface area (TPSA) is 86.8 Å². The minimum Gasteiger partial charge on any atom is -0.354 e. The molecule has 10 heteroatoms. The highest BCUT2D eigenvalue weighted by molar-refractivity contribution is 7.92. The highest BCUT2D eigenvalue weighted by Crippen LogP contribution is 2.28. The predicted molar refractivity (Wildman–Crippen MR) is 151 cm³/mol. The normalized spacial score (nSPS) is 12.2. The van der Waals surface area contributed by atoms with Gasteiger partial charge in [-0.25, -0.2) is 12.8 Å². The number of amides is 2. The second-order valence-corrected chi connectivity index (χ2v) is 12.0. The van der Waals surface area contributed by atoms with Crippen LogP contribution in [0.2, 0.25) is 5.02 Å². The predicted octanol–water partition coefficient (Wildman–Crippen LogP) is 5.17. The molecule has 0 aromatic heterocycles. The van der Waals surface area contributed by atoms with Crippen LogP contribution < -0.4 is 9.62 Å². The molecule has 3 aromatic carbocycles. The van der Waals surface area contributed by atoms with Crippen LogP contribution in [0.15, 0.2) is 77.7 Å². The van der Waals surface area contributed by atoms with Gasteiger partial charge in [0, 0.05) is 23.7 Å². The maximum absolute atomic E-state index is 14.6. The number of hydrogen-bond acceptors (Lipinski definition) is 4. The zero-order valence-corrected chi connectivity index (χ0v) is 24.0. The van der Waals surface area contributed by atoms with E-state index in [1.54, 1.807) is 43.3 Å². The van der Waals surface area contributed by atoms with Gasteiger partial charge in [-0.1, -0.05) is 67.9 Å². The van der Waals surface area contributed by atoms with Crippen LogP contribution in [0.25, 0.3) is 0 Å². The van der Waals surface area contributed by atoms with E-state index in [0.717, 1.165) is 9.87 Å². The van der Waals surface area contributed by atoms with Crippen LogP contribution in [-0.4, -0.2) is 44.3 Å². The van der Waals surface area contributed by atoms with Gasteiger partial charge in [0.05, 0.1) is 10.6 Å². The van der Waals surface area contributed by atoms with E-state index in [0.29, 0.717) is 11.6 Å². The van der Waals surface area contributed by atoms with Gasteiger partial charge in [0.25, 0.3) is 10.0 Å². The first-order valence-electron chi connectivity index (χ1n) is 12.6. The van der Waals surface area contributed by atoms with Crippen molar-refractivity contribution in [1.29, 1.82) is 0 Å². The Bertz CT molecular complexity index is 1420. The van der Waals surface area contributed by atoms with E-state index in [4.69, 9.17) is 11.6 Å². The molecule has 0 unspecified atom stereocenters. The Kier molecular flexibility index (Phi) is 10.1. The van der Waals surface area contributed by atoms with E-state index in [2.05, 4.69) is 5.32 Å². The Labute approximate surface area is 234 Å². The number of benzene rings is 3. The summed E-state index contributed by atoms with van der Waals surface area (Å²) in [5.74, 6) is -1.47. The van der Waals surface area contributed by atoms with Gasteiger partial charge in [-0.05, 0) is 55.7 Å². The highest BCUT2D eigenvalue weighted by atomic mass is 35.5.